The third-order valence-electron chi connectivity index (χ3n) is 4.47. The van der Waals surface area contributed by atoms with Crippen LogP contribution in [-0.2, 0) is 20.1 Å². The Labute approximate surface area is 158 Å². The number of rotatable bonds is 5. The first kappa shape index (κ1) is 18.2. The van der Waals surface area contributed by atoms with Gasteiger partial charge in [0.2, 0.25) is 0 Å². The van der Waals surface area contributed by atoms with Crippen LogP contribution in [0, 0.1) is 13.8 Å². The van der Waals surface area contributed by atoms with Crippen LogP contribution in [0.1, 0.15) is 33.0 Å². The van der Waals surface area contributed by atoms with Crippen LogP contribution in [0.4, 0.5) is 0 Å². The van der Waals surface area contributed by atoms with Crippen LogP contribution in [-0.4, -0.2) is 37.4 Å². The number of hydrogen-bond acceptors (Lipinski definition) is 3. The Hall–Kier alpha value is -2.60. The van der Waals surface area contributed by atoms with Crippen LogP contribution in [0.3, 0.4) is 0 Å². The van der Waals surface area contributed by atoms with Gasteiger partial charge in [-0.25, -0.2) is 0 Å². The van der Waals surface area contributed by atoms with E-state index in [4.69, 9.17) is 11.6 Å². The number of aromatic nitrogens is 4. The highest BCUT2D eigenvalue weighted by atomic mass is 35.5. The van der Waals surface area contributed by atoms with E-state index in [1.807, 2.05) is 55.9 Å². The molecule has 0 bridgehead atoms. The fraction of sp³-hybridized carbons (Fsp3) is 0.316. The van der Waals surface area contributed by atoms with E-state index in [1.165, 1.54) is 0 Å². The predicted molar refractivity (Wildman–Crippen MR) is 101 cm³/mol. The molecular weight excluding hydrogens is 350 g/mol. The Morgan fingerprint density at radius 1 is 1.27 bits per heavy atom. The molecule has 1 aromatic carbocycles. The molecule has 3 rings (SSSR count). The first-order chi connectivity index (χ1) is 12.4. The molecule has 0 aliphatic carbocycles. The van der Waals surface area contributed by atoms with Crippen LogP contribution in [0.15, 0.2) is 36.5 Å². The third-order valence-corrected chi connectivity index (χ3v) is 5.01. The molecule has 0 N–H and O–H groups in total. The smallest absolute Gasteiger partial charge is 0.253 e. The third kappa shape index (κ3) is 3.65. The maximum Gasteiger partial charge on any atom is 0.253 e. The molecule has 1 amide bonds. The molecule has 6 nitrogen and oxygen atoms in total. The van der Waals surface area contributed by atoms with Crippen molar-refractivity contribution in [1.29, 1.82) is 0 Å². The highest BCUT2D eigenvalue weighted by Gasteiger charge is 2.15. The molecule has 26 heavy (non-hydrogen) atoms. The zero-order valence-corrected chi connectivity index (χ0v) is 16.2. The molecule has 0 fully saturated rings. The van der Waals surface area contributed by atoms with E-state index in [-0.39, 0.29) is 5.91 Å². The summed E-state index contributed by atoms with van der Waals surface area (Å²) in [6.07, 6.45) is 1.73. The molecular formula is C19H22ClN5O. The van der Waals surface area contributed by atoms with Gasteiger partial charge in [-0.05, 0) is 37.6 Å². The highest BCUT2D eigenvalue weighted by molar-refractivity contribution is 6.31. The second-order valence-corrected chi connectivity index (χ2v) is 6.83. The summed E-state index contributed by atoms with van der Waals surface area (Å²) in [5.74, 6) is -0.0283. The minimum Gasteiger partial charge on any atom is -0.336 e. The lowest BCUT2D eigenvalue weighted by Gasteiger charge is -2.18. The second-order valence-electron chi connectivity index (χ2n) is 6.45. The molecule has 3 aromatic rings. The normalized spacial score (nSPS) is 11.0. The average molecular weight is 372 g/mol. The lowest BCUT2D eigenvalue weighted by Crippen LogP contribution is -2.27. The maximum absolute atomic E-state index is 12.8. The van der Waals surface area contributed by atoms with E-state index in [1.54, 1.807) is 22.8 Å². The van der Waals surface area contributed by atoms with Crippen molar-refractivity contribution in [1.82, 2.24) is 24.5 Å². The summed E-state index contributed by atoms with van der Waals surface area (Å²) in [6.45, 7) is 4.91. The predicted octanol–water partition coefficient (Wildman–Crippen LogP) is 3.21. The fourth-order valence-electron chi connectivity index (χ4n) is 2.90. The summed E-state index contributed by atoms with van der Waals surface area (Å²) >= 11 is 6.22. The van der Waals surface area contributed by atoms with Crippen molar-refractivity contribution in [3.05, 3.63) is 69.8 Å². The summed E-state index contributed by atoms with van der Waals surface area (Å²) in [5.41, 5.74) is 4.38. The zero-order chi connectivity index (χ0) is 18.8. The molecule has 0 aliphatic rings. The van der Waals surface area contributed by atoms with Gasteiger partial charge in [-0.1, -0.05) is 23.7 Å². The first-order valence-electron chi connectivity index (χ1n) is 8.37. The minimum absolute atomic E-state index is 0.0283. The average Bonchev–Trinajstić information content (AvgIpc) is 3.13. The van der Waals surface area contributed by atoms with Crippen molar-refractivity contribution in [3.8, 4) is 0 Å². The molecule has 0 saturated heterocycles. The summed E-state index contributed by atoms with van der Waals surface area (Å²) in [5, 5.41) is 9.28. The van der Waals surface area contributed by atoms with Crippen molar-refractivity contribution in [2.75, 3.05) is 7.05 Å². The Morgan fingerprint density at radius 3 is 2.65 bits per heavy atom. The monoisotopic (exact) mass is 371 g/mol. The molecule has 0 unspecified atom stereocenters. The van der Waals surface area contributed by atoms with Gasteiger partial charge in [-0.2, -0.15) is 10.2 Å². The van der Waals surface area contributed by atoms with Crippen molar-refractivity contribution < 1.29 is 4.79 Å². The van der Waals surface area contributed by atoms with Gasteiger partial charge in [-0.3, -0.25) is 14.2 Å². The number of aryl methyl sites for hydroxylation is 2. The number of carbonyl (C=O) groups excluding carboxylic acids is 1. The van der Waals surface area contributed by atoms with Crippen LogP contribution in [0.25, 0.3) is 0 Å². The summed E-state index contributed by atoms with van der Waals surface area (Å²) in [4.78, 5) is 14.5. The molecule has 0 spiro atoms. The molecule has 0 aliphatic heterocycles. The Balaban J connectivity index is 1.76. The van der Waals surface area contributed by atoms with Crippen LogP contribution >= 0.6 is 11.6 Å². The SMILES string of the molecule is Cc1nn(Cc2cccc(C(=O)N(C)Cc3ccnn3C)c2)c(C)c1Cl. The summed E-state index contributed by atoms with van der Waals surface area (Å²) in [6, 6.07) is 9.54. The lowest BCUT2D eigenvalue weighted by molar-refractivity contribution is 0.0782. The van der Waals surface area contributed by atoms with Gasteiger partial charge in [0.25, 0.3) is 5.91 Å². The van der Waals surface area contributed by atoms with E-state index in [0.717, 1.165) is 22.6 Å². The van der Waals surface area contributed by atoms with Gasteiger partial charge in [0.15, 0.2) is 0 Å². The molecule has 2 aromatic heterocycles. The topological polar surface area (TPSA) is 56.0 Å². The number of carbonyl (C=O) groups is 1. The van der Waals surface area contributed by atoms with Gasteiger partial charge in [0.1, 0.15) is 0 Å². The molecule has 0 saturated carbocycles. The zero-order valence-electron chi connectivity index (χ0n) is 15.4. The van der Waals surface area contributed by atoms with Crippen LogP contribution < -0.4 is 0 Å². The Bertz CT molecular complexity index is 943. The Kier molecular flexibility index (Phi) is 5.13. The number of hydrogen-bond donors (Lipinski definition) is 0. The fourth-order valence-corrected chi connectivity index (χ4v) is 3.03. The number of benzene rings is 1. The van der Waals surface area contributed by atoms with Gasteiger partial charge in [0.05, 0.1) is 35.2 Å². The maximum atomic E-state index is 12.8. The number of halogens is 1. The summed E-state index contributed by atoms with van der Waals surface area (Å²) in [7, 11) is 3.66. The van der Waals surface area contributed by atoms with Crippen molar-refractivity contribution >= 4 is 17.5 Å². The molecule has 0 radical (unpaired) electrons. The van der Waals surface area contributed by atoms with E-state index >= 15 is 0 Å². The van der Waals surface area contributed by atoms with Crippen molar-refractivity contribution in [3.63, 3.8) is 0 Å². The quantitative estimate of drug-likeness (QED) is 0.692. The van der Waals surface area contributed by atoms with Crippen LogP contribution in [0.5, 0.6) is 0 Å². The number of nitrogens with zero attached hydrogens (tertiary/aromatic N) is 5. The van der Waals surface area contributed by atoms with E-state index in [9.17, 15) is 4.79 Å². The van der Waals surface area contributed by atoms with Crippen LogP contribution in [0.2, 0.25) is 5.02 Å². The van der Waals surface area contributed by atoms with Crippen molar-refractivity contribution in [2.24, 2.45) is 7.05 Å². The lowest BCUT2D eigenvalue weighted by atomic mass is 10.1. The standard InChI is InChI=1S/C19H22ClN5O/c1-13-18(20)14(2)25(22-13)11-15-6-5-7-16(10-15)19(26)23(3)12-17-8-9-21-24(17)4/h5-10H,11-12H2,1-4H3. The van der Waals surface area contributed by atoms with Gasteiger partial charge in [0, 0.05) is 25.9 Å². The van der Waals surface area contributed by atoms with Gasteiger partial charge in [-0.15, -0.1) is 0 Å². The molecule has 0 atom stereocenters. The van der Waals surface area contributed by atoms with Gasteiger partial charge < -0.3 is 4.90 Å². The minimum atomic E-state index is -0.0283. The molecule has 136 valence electrons. The molecule has 2 heterocycles. The largest absolute Gasteiger partial charge is 0.336 e. The Morgan fingerprint density at radius 2 is 2.04 bits per heavy atom. The molecule has 7 heteroatoms. The van der Waals surface area contributed by atoms with E-state index in [2.05, 4.69) is 10.2 Å². The van der Waals surface area contributed by atoms with Gasteiger partial charge >= 0.3 is 0 Å². The summed E-state index contributed by atoms with van der Waals surface area (Å²) < 4.78 is 3.63. The first-order valence-corrected chi connectivity index (χ1v) is 8.75. The van der Waals surface area contributed by atoms with Crippen molar-refractivity contribution in [2.45, 2.75) is 26.9 Å². The second kappa shape index (κ2) is 7.33. The van der Waals surface area contributed by atoms with E-state index < -0.39 is 0 Å². The van der Waals surface area contributed by atoms with E-state index in [0.29, 0.717) is 23.7 Å². The highest BCUT2D eigenvalue weighted by Crippen LogP contribution is 2.20. The number of amides is 1.